The van der Waals surface area contributed by atoms with E-state index < -0.39 is 40.1 Å². The highest BCUT2D eigenvalue weighted by Crippen LogP contribution is 2.37. The Labute approximate surface area is 188 Å². The van der Waals surface area contributed by atoms with Crippen LogP contribution in [0.1, 0.15) is 12.7 Å². The van der Waals surface area contributed by atoms with Gasteiger partial charge in [-0.1, -0.05) is 6.92 Å². The molecule has 0 saturated carbocycles. The fourth-order valence-electron chi connectivity index (χ4n) is 3.19. The van der Waals surface area contributed by atoms with Crippen LogP contribution in [0.15, 0.2) is 40.6 Å². The predicted molar refractivity (Wildman–Crippen MR) is 110 cm³/mol. The summed E-state index contributed by atoms with van der Waals surface area (Å²) in [5.74, 6) is -0.907. The summed E-state index contributed by atoms with van der Waals surface area (Å²) >= 11 is -0.392. The molecule has 33 heavy (non-hydrogen) atoms. The van der Waals surface area contributed by atoms with Crippen molar-refractivity contribution in [2.24, 2.45) is 7.05 Å². The molecule has 1 unspecified atom stereocenters. The van der Waals surface area contributed by atoms with E-state index in [0.29, 0.717) is 0 Å². The van der Waals surface area contributed by atoms with Crippen LogP contribution in [-0.2, 0) is 24.0 Å². The van der Waals surface area contributed by atoms with Crippen LogP contribution in [0.4, 0.5) is 26.3 Å². The molecule has 1 aromatic carbocycles. The van der Waals surface area contributed by atoms with Gasteiger partial charge in [-0.05, 0) is 12.1 Å². The first-order valence-electron chi connectivity index (χ1n) is 8.94. The van der Waals surface area contributed by atoms with E-state index >= 15 is 0 Å². The quantitative estimate of drug-likeness (QED) is 0.232. The lowest BCUT2D eigenvalue weighted by Crippen LogP contribution is -2.12. The topological polar surface area (TPSA) is 96.6 Å². The zero-order chi connectivity index (χ0) is 23.4. The van der Waals surface area contributed by atoms with Crippen molar-refractivity contribution >= 4 is 39.2 Å². The Hall–Kier alpha value is -2.65. The molecule has 178 valence electrons. The number of hydrogen-bond donors (Lipinski definition) is 0. The van der Waals surface area contributed by atoms with Gasteiger partial charge in [-0.15, -0.1) is 0 Å². The maximum Gasteiger partial charge on any atom is 0.449 e. The van der Waals surface area contributed by atoms with Crippen molar-refractivity contribution in [3.05, 3.63) is 36.5 Å². The van der Waals surface area contributed by atoms with Crippen LogP contribution in [0.25, 0.3) is 27.9 Å². The number of rotatable bonds is 4. The molecular formula is C18H15F6N5O2S2. The van der Waals surface area contributed by atoms with Crippen LogP contribution in [0.3, 0.4) is 0 Å². The van der Waals surface area contributed by atoms with Crippen molar-refractivity contribution in [3.8, 4) is 11.3 Å². The van der Waals surface area contributed by atoms with E-state index in [1.807, 2.05) is 0 Å². The first kappa shape index (κ1) is 25.0. The van der Waals surface area contributed by atoms with Gasteiger partial charge in [0.15, 0.2) is 0 Å². The second-order valence-electron chi connectivity index (χ2n) is 6.63. The van der Waals surface area contributed by atoms with Crippen LogP contribution in [-0.4, -0.2) is 44.9 Å². The highest BCUT2D eigenvalue weighted by Gasteiger charge is 2.37. The minimum Gasteiger partial charge on any atom is -0.412 e. The van der Waals surface area contributed by atoms with Crippen LogP contribution in [0, 0.1) is 0 Å². The van der Waals surface area contributed by atoms with E-state index in [1.54, 1.807) is 6.92 Å². The average Bonchev–Trinajstić information content (AvgIpc) is 3.25. The van der Waals surface area contributed by atoms with E-state index in [0.717, 1.165) is 17.0 Å². The summed E-state index contributed by atoms with van der Waals surface area (Å²) in [7, 11) is -0.343. The molecule has 4 aromatic rings. The Kier molecular flexibility index (Phi) is 6.52. The molecule has 0 fully saturated rings. The summed E-state index contributed by atoms with van der Waals surface area (Å²) in [4.78, 5) is 11.9. The van der Waals surface area contributed by atoms with Gasteiger partial charge in [0.25, 0.3) is 0 Å². The third-order valence-corrected chi connectivity index (χ3v) is 6.58. The molecule has 3 aromatic heterocycles. The molecule has 15 heteroatoms. The Morgan fingerprint density at radius 1 is 1.09 bits per heavy atom. The molecule has 0 radical (unpaired) electrons. The van der Waals surface area contributed by atoms with Crippen molar-refractivity contribution < 1.29 is 36.0 Å². The van der Waals surface area contributed by atoms with Crippen LogP contribution < -0.4 is 0 Å². The van der Waals surface area contributed by atoms with Gasteiger partial charge in [-0.25, -0.2) is 15.0 Å². The standard InChI is InChI=1S/C18H13F6N5OS2.H2O/c1-3-32(30)13-5-12-10(27-16(28(12)2)17(19,20)21)4-9(13)11-7-29-8-25-15(6-14(29)26-11)31-18(22,23)24;/h4-8H,3H2,1-2H3;1H2. The van der Waals surface area contributed by atoms with Gasteiger partial charge < -0.3 is 10.0 Å². The summed E-state index contributed by atoms with van der Waals surface area (Å²) in [5.41, 5.74) is -3.71. The summed E-state index contributed by atoms with van der Waals surface area (Å²) in [6, 6.07) is 3.87. The van der Waals surface area contributed by atoms with Crippen LogP contribution in [0.2, 0.25) is 0 Å². The second-order valence-corrected chi connectivity index (χ2v) is 9.42. The number of aromatic nitrogens is 5. The summed E-state index contributed by atoms with van der Waals surface area (Å²) in [5, 5.41) is -0.311. The number of benzene rings is 1. The third-order valence-electron chi connectivity index (χ3n) is 4.56. The van der Waals surface area contributed by atoms with E-state index in [1.165, 1.54) is 29.8 Å². The molecule has 4 rings (SSSR count). The predicted octanol–water partition coefficient (Wildman–Crippen LogP) is 4.22. The largest absolute Gasteiger partial charge is 0.449 e. The van der Waals surface area contributed by atoms with Gasteiger partial charge in [-0.2, -0.15) is 26.3 Å². The fraction of sp³-hybridized carbons (Fsp3) is 0.278. The molecule has 0 aliphatic heterocycles. The summed E-state index contributed by atoms with van der Waals surface area (Å²) < 4.78 is 92.7. The van der Waals surface area contributed by atoms with Crippen molar-refractivity contribution in [2.75, 3.05) is 5.75 Å². The third kappa shape index (κ3) is 4.84. The average molecular weight is 511 g/mol. The minimum atomic E-state index is -4.68. The van der Waals surface area contributed by atoms with E-state index in [2.05, 4.69) is 15.0 Å². The fourth-order valence-corrected chi connectivity index (χ4v) is 4.66. The lowest BCUT2D eigenvalue weighted by Gasteiger charge is -2.08. The molecular weight excluding hydrogens is 496 g/mol. The molecule has 1 atom stereocenters. The zero-order valence-electron chi connectivity index (χ0n) is 16.8. The molecule has 0 bridgehead atoms. The van der Waals surface area contributed by atoms with Crippen molar-refractivity contribution in [3.63, 3.8) is 0 Å². The zero-order valence-corrected chi connectivity index (χ0v) is 18.5. The highest BCUT2D eigenvalue weighted by molar-refractivity contribution is 8.00. The smallest absolute Gasteiger partial charge is 0.412 e. The SMILES string of the molecule is CCS(=O)c1cc2c(cc1-c1cn3cnc(SC(F)(F)F)cc3n1)nc(C(F)(F)F)n2C.O. The van der Waals surface area contributed by atoms with E-state index in [9.17, 15) is 30.6 Å². The lowest BCUT2D eigenvalue weighted by atomic mass is 10.1. The van der Waals surface area contributed by atoms with Crippen molar-refractivity contribution in [1.82, 2.24) is 23.9 Å². The first-order valence-corrected chi connectivity index (χ1v) is 11.1. The highest BCUT2D eigenvalue weighted by atomic mass is 32.2. The number of hydrogen-bond acceptors (Lipinski definition) is 5. The number of thioether (sulfide) groups is 1. The molecule has 7 nitrogen and oxygen atoms in total. The molecule has 0 saturated heterocycles. The van der Waals surface area contributed by atoms with E-state index in [4.69, 9.17) is 0 Å². The Bertz CT molecular complexity index is 1360. The molecule has 0 aliphatic carbocycles. The normalized spacial score (nSPS) is 13.5. The van der Waals surface area contributed by atoms with Gasteiger partial charge in [0.1, 0.15) is 17.0 Å². The first-order chi connectivity index (χ1) is 14.9. The van der Waals surface area contributed by atoms with Gasteiger partial charge >= 0.3 is 11.7 Å². The van der Waals surface area contributed by atoms with Crippen LogP contribution in [0.5, 0.6) is 0 Å². The maximum absolute atomic E-state index is 13.3. The molecule has 3 heterocycles. The van der Waals surface area contributed by atoms with Crippen LogP contribution >= 0.6 is 11.8 Å². The number of aryl methyl sites for hydroxylation is 1. The maximum atomic E-state index is 13.3. The second kappa shape index (κ2) is 8.61. The number of halogens is 6. The van der Waals surface area contributed by atoms with Gasteiger partial charge in [0.2, 0.25) is 5.82 Å². The number of alkyl halides is 6. The monoisotopic (exact) mass is 511 g/mol. The Morgan fingerprint density at radius 2 is 1.79 bits per heavy atom. The summed E-state index contributed by atoms with van der Waals surface area (Å²) in [6.45, 7) is 1.66. The molecule has 2 N–H and O–H groups in total. The molecule has 0 spiro atoms. The van der Waals surface area contributed by atoms with Gasteiger partial charge in [0.05, 0.1) is 32.4 Å². The Balaban J connectivity index is 0.00000306. The summed E-state index contributed by atoms with van der Waals surface area (Å²) in [6.07, 6.45) is -2.08. The van der Waals surface area contributed by atoms with Gasteiger partial charge in [-0.3, -0.25) is 8.61 Å². The van der Waals surface area contributed by atoms with Crippen molar-refractivity contribution in [1.29, 1.82) is 0 Å². The molecule has 0 aliphatic rings. The number of fused-ring (bicyclic) bond motifs is 2. The Morgan fingerprint density at radius 3 is 2.39 bits per heavy atom. The lowest BCUT2D eigenvalue weighted by molar-refractivity contribution is -0.146. The van der Waals surface area contributed by atoms with E-state index in [-0.39, 0.29) is 49.1 Å². The van der Waals surface area contributed by atoms with Crippen molar-refractivity contribution in [2.45, 2.75) is 28.5 Å². The molecule has 0 amide bonds. The minimum absolute atomic E-state index is 0. The number of nitrogens with zero attached hydrogens (tertiary/aromatic N) is 5. The number of imidazole rings is 2. The van der Waals surface area contributed by atoms with Gasteiger partial charge in [0, 0.05) is 42.4 Å².